The van der Waals surface area contributed by atoms with Gasteiger partial charge >= 0.3 is 0 Å². The predicted octanol–water partition coefficient (Wildman–Crippen LogP) is 5.42. The van der Waals surface area contributed by atoms with Crippen molar-refractivity contribution >= 4 is 11.4 Å². The van der Waals surface area contributed by atoms with Gasteiger partial charge in [0.15, 0.2) is 6.23 Å². The Morgan fingerprint density at radius 1 is 0.889 bits per heavy atom. The second kappa shape index (κ2) is 7.75. The summed E-state index contributed by atoms with van der Waals surface area (Å²) in [6.45, 7) is 4.08. The van der Waals surface area contributed by atoms with E-state index >= 15 is 0 Å². The average molecular weight is 358 g/mol. The molecule has 27 heavy (non-hydrogen) atoms. The number of rotatable bonds is 6. The van der Waals surface area contributed by atoms with Crippen molar-refractivity contribution < 1.29 is 4.74 Å². The zero-order chi connectivity index (χ0) is 18.6. The van der Waals surface area contributed by atoms with Crippen LogP contribution < -0.4 is 14.5 Å². The van der Waals surface area contributed by atoms with E-state index in [9.17, 15) is 0 Å². The molecular weight excluding hydrogens is 332 g/mol. The Labute approximate surface area is 161 Å². The highest BCUT2D eigenvalue weighted by atomic mass is 16.5. The highest BCUT2D eigenvalue weighted by Crippen LogP contribution is 2.40. The molecule has 0 fully saturated rings. The number of nitrogens with zero attached hydrogens (tertiary/aromatic N) is 2. The van der Waals surface area contributed by atoms with Gasteiger partial charge in [0.25, 0.3) is 0 Å². The summed E-state index contributed by atoms with van der Waals surface area (Å²) in [7, 11) is 2.14. The summed E-state index contributed by atoms with van der Waals surface area (Å²) in [6, 6.07) is 27.6. The molecule has 0 bridgehead atoms. The Kier molecular flexibility index (Phi) is 5.01. The van der Waals surface area contributed by atoms with Gasteiger partial charge in [0.2, 0.25) is 0 Å². The highest BCUT2D eigenvalue weighted by Gasteiger charge is 2.30. The molecule has 0 aliphatic carbocycles. The lowest BCUT2D eigenvalue weighted by atomic mass is 10.0. The van der Waals surface area contributed by atoms with E-state index in [1.54, 1.807) is 0 Å². The topological polar surface area (TPSA) is 15.7 Å². The van der Waals surface area contributed by atoms with Gasteiger partial charge in [-0.25, -0.2) is 0 Å². The normalized spacial score (nSPS) is 15.3. The van der Waals surface area contributed by atoms with Crippen LogP contribution in [0.25, 0.3) is 11.1 Å². The minimum atomic E-state index is 0.0854. The van der Waals surface area contributed by atoms with Crippen molar-refractivity contribution in [1.29, 1.82) is 0 Å². The molecular formula is C24H26N2O. The minimum absolute atomic E-state index is 0.0854. The fourth-order valence-corrected chi connectivity index (χ4v) is 3.72. The quantitative estimate of drug-likeness (QED) is 0.585. The van der Waals surface area contributed by atoms with Crippen LogP contribution in [0.15, 0.2) is 78.9 Å². The summed E-state index contributed by atoms with van der Waals surface area (Å²) < 4.78 is 6.29. The van der Waals surface area contributed by atoms with Gasteiger partial charge in [-0.05, 0) is 42.3 Å². The number of fused-ring (bicyclic) bond motifs is 1. The van der Waals surface area contributed by atoms with Crippen molar-refractivity contribution in [3.05, 3.63) is 78.9 Å². The van der Waals surface area contributed by atoms with Crippen LogP contribution in [0.1, 0.15) is 13.3 Å². The van der Waals surface area contributed by atoms with Gasteiger partial charge in [-0.15, -0.1) is 0 Å². The summed E-state index contributed by atoms with van der Waals surface area (Å²) >= 11 is 0. The summed E-state index contributed by atoms with van der Waals surface area (Å²) in [6.07, 6.45) is 1.04. The first-order valence-corrected chi connectivity index (χ1v) is 9.65. The van der Waals surface area contributed by atoms with Crippen molar-refractivity contribution in [2.45, 2.75) is 19.6 Å². The van der Waals surface area contributed by atoms with E-state index in [1.165, 1.54) is 22.5 Å². The monoisotopic (exact) mass is 358 g/mol. The predicted molar refractivity (Wildman–Crippen MR) is 114 cm³/mol. The largest absolute Gasteiger partial charge is 0.468 e. The summed E-state index contributed by atoms with van der Waals surface area (Å²) in [5.41, 5.74) is 4.91. The van der Waals surface area contributed by atoms with Gasteiger partial charge < -0.3 is 14.5 Å². The van der Waals surface area contributed by atoms with E-state index in [2.05, 4.69) is 103 Å². The molecule has 0 amide bonds. The highest BCUT2D eigenvalue weighted by molar-refractivity contribution is 5.74. The Hall–Kier alpha value is -2.94. The molecule has 1 atom stereocenters. The first kappa shape index (κ1) is 17.5. The van der Waals surface area contributed by atoms with Crippen molar-refractivity contribution in [3.8, 4) is 16.9 Å². The van der Waals surface area contributed by atoms with Crippen LogP contribution in [0.2, 0.25) is 0 Å². The molecule has 0 aromatic heterocycles. The van der Waals surface area contributed by atoms with Crippen molar-refractivity contribution in [3.63, 3.8) is 0 Å². The first-order chi connectivity index (χ1) is 13.3. The molecule has 1 unspecified atom stereocenters. The van der Waals surface area contributed by atoms with Crippen LogP contribution in [0.5, 0.6) is 5.75 Å². The third-order valence-electron chi connectivity index (χ3n) is 5.24. The number of anilines is 2. The van der Waals surface area contributed by atoms with Crippen molar-refractivity contribution in [2.75, 3.05) is 29.9 Å². The molecule has 3 aromatic carbocycles. The Morgan fingerprint density at radius 3 is 2.30 bits per heavy atom. The van der Waals surface area contributed by atoms with Gasteiger partial charge in [0, 0.05) is 32.2 Å². The third-order valence-corrected chi connectivity index (χ3v) is 5.24. The molecule has 3 heteroatoms. The van der Waals surface area contributed by atoms with Crippen LogP contribution >= 0.6 is 0 Å². The molecule has 4 rings (SSSR count). The van der Waals surface area contributed by atoms with Crippen LogP contribution in [-0.2, 0) is 0 Å². The molecule has 0 spiro atoms. The van der Waals surface area contributed by atoms with Gasteiger partial charge in [-0.2, -0.15) is 0 Å². The van der Waals surface area contributed by atoms with Gasteiger partial charge in [-0.1, -0.05) is 54.6 Å². The summed E-state index contributed by atoms with van der Waals surface area (Å²) in [5.74, 6) is 0.990. The molecule has 0 saturated carbocycles. The smallest absolute Gasteiger partial charge is 0.174 e. The van der Waals surface area contributed by atoms with E-state index < -0.39 is 0 Å². The van der Waals surface area contributed by atoms with E-state index in [0.29, 0.717) is 0 Å². The van der Waals surface area contributed by atoms with Crippen LogP contribution in [0, 0.1) is 0 Å². The number of ether oxygens (including phenoxy) is 1. The molecule has 0 radical (unpaired) electrons. The van der Waals surface area contributed by atoms with Gasteiger partial charge in [0.05, 0.1) is 5.69 Å². The van der Waals surface area contributed by atoms with E-state index in [4.69, 9.17) is 4.74 Å². The van der Waals surface area contributed by atoms with Crippen LogP contribution in [0.4, 0.5) is 11.4 Å². The zero-order valence-electron chi connectivity index (χ0n) is 16.0. The second-order valence-electron chi connectivity index (χ2n) is 6.95. The maximum atomic E-state index is 6.29. The number of benzene rings is 3. The standard InChI is InChI=1S/C24H26N2O/c1-3-26-22-18-20(19-10-6-4-7-11-19)14-15-23(22)27-24(26)16-17-25(2)21-12-8-5-9-13-21/h4-15,18,24H,3,16-17H2,1-2H3. The molecule has 1 aliphatic heterocycles. The van der Waals surface area contributed by atoms with Crippen LogP contribution in [0.3, 0.4) is 0 Å². The van der Waals surface area contributed by atoms with E-state index in [1.807, 2.05) is 0 Å². The number of hydrogen-bond donors (Lipinski definition) is 0. The Morgan fingerprint density at radius 2 is 1.59 bits per heavy atom. The average Bonchev–Trinajstić information content (AvgIpc) is 3.10. The van der Waals surface area contributed by atoms with Gasteiger partial charge in [-0.3, -0.25) is 0 Å². The summed E-state index contributed by atoms with van der Waals surface area (Å²) in [4.78, 5) is 4.66. The van der Waals surface area contributed by atoms with Crippen LogP contribution in [-0.4, -0.2) is 26.4 Å². The minimum Gasteiger partial charge on any atom is -0.468 e. The lowest BCUT2D eigenvalue weighted by Gasteiger charge is -2.27. The fourth-order valence-electron chi connectivity index (χ4n) is 3.72. The molecule has 138 valence electrons. The van der Waals surface area contributed by atoms with Gasteiger partial charge in [0.1, 0.15) is 5.75 Å². The fraction of sp³-hybridized carbons (Fsp3) is 0.250. The maximum absolute atomic E-state index is 6.29. The Bertz CT molecular complexity index is 879. The summed E-state index contributed by atoms with van der Waals surface area (Å²) in [5, 5.41) is 0. The third kappa shape index (κ3) is 3.63. The lowest BCUT2D eigenvalue weighted by molar-refractivity contribution is 0.216. The molecule has 0 saturated heterocycles. The molecule has 1 heterocycles. The number of para-hydroxylation sites is 1. The number of hydrogen-bond acceptors (Lipinski definition) is 3. The van der Waals surface area contributed by atoms with Crippen molar-refractivity contribution in [1.82, 2.24) is 0 Å². The first-order valence-electron chi connectivity index (χ1n) is 9.65. The SMILES string of the molecule is CCN1c2cc(-c3ccccc3)ccc2OC1CCN(C)c1ccccc1. The van der Waals surface area contributed by atoms with Crippen molar-refractivity contribution in [2.24, 2.45) is 0 Å². The van der Waals surface area contributed by atoms with E-state index in [0.717, 1.165) is 25.3 Å². The maximum Gasteiger partial charge on any atom is 0.174 e. The molecule has 3 aromatic rings. The molecule has 1 aliphatic rings. The van der Waals surface area contributed by atoms with E-state index in [-0.39, 0.29) is 6.23 Å². The second-order valence-corrected chi connectivity index (χ2v) is 6.95. The molecule has 3 nitrogen and oxygen atoms in total. The molecule has 0 N–H and O–H groups in total. The lowest BCUT2D eigenvalue weighted by Crippen LogP contribution is -2.37. The Balaban J connectivity index is 1.49. The zero-order valence-corrected chi connectivity index (χ0v) is 16.0.